The normalized spacial score (nSPS) is 43.3. The number of aromatic nitrogens is 2. The van der Waals surface area contributed by atoms with Crippen molar-refractivity contribution in [3.63, 3.8) is 0 Å². The predicted octanol–water partition coefficient (Wildman–Crippen LogP) is 2.64. The van der Waals surface area contributed by atoms with Crippen molar-refractivity contribution >= 4 is 0 Å². The van der Waals surface area contributed by atoms with Crippen LogP contribution in [-0.2, 0) is 7.05 Å². The molecule has 2 N–H and O–H groups in total. The first-order chi connectivity index (χ1) is 8.64. The third-order valence-corrected chi connectivity index (χ3v) is 5.80. The van der Waals surface area contributed by atoms with E-state index in [0.29, 0.717) is 5.41 Å². The minimum atomic E-state index is 0.159. The van der Waals surface area contributed by atoms with Crippen LogP contribution in [0.25, 0.3) is 0 Å². The minimum Gasteiger partial charge on any atom is -0.322 e. The van der Waals surface area contributed by atoms with Gasteiger partial charge in [0.05, 0.1) is 11.7 Å². The van der Waals surface area contributed by atoms with E-state index < -0.39 is 0 Å². The SMILES string of the molecule is Cn1ccc(C(N)C23CC4CC(CC(C4)C2)C3)n1. The molecule has 0 radical (unpaired) electrons. The highest BCUT2D eigenvalue weighted by Gasteiger charge is 2.54. The first kappa shape index (κ1) is 11.0. The van der Waals surface area contributed by atoms with Gasteiger partial charge >= 0.3 is 0 Å². The van der Waals surface area contributed by atoms with Crippen LogP contribution in [0.15, 0.2) is 12.3 Å². The second kappa shape index (κ2) is 3.60. The molecular weight excluding hydrogens is 222 g/mol. The fraction of sp³-hybridized carbons (Fsp3) is 0.800. The van der Waals surface area contributed by atoms with Crippen molar-refractivity contribution in [1.29, 1.82) is 0 Å². The largest absolute Gasteiger partial charge is 0.322 e. The van der Waals surface area contributed by atoms with Gasteiger partial charge < -0.3 is 5.73 Å². The van der Waals surface area contributed by atoms with E-state index >= 15 is 0 Å². The van der Waals surface area contributed by atoms with E-state index in [0.717, 1.165) is 23.4 Å². The molecule has 0 aromatic carbocycles. The van der Waals surface area contributed by atoms with Gasteiger partial charge in [-0.15, -0.1) is 0 Å². The molecule has 1 aromatic rings. The van der Waals surface area contributed by atoms with Crippen LogP contribution in [-0.4, -0.2) is 9.78 Å². The summed E-state index contributed by atoms with van der Waals surface area (Å²) in [7, 11) is 1.98. The second-order valence-electron chi connectivity index (χ2n) is 7.17. The topological polar surface area (TPSA) is 43.8 Å². The highest BCUT2D eigenvalue weighted by molar-refractivity contribution is 5.14. The lowest BCUT2D eigenvalue weighted by molar-refractivity contribution is -0.0685. The molecular formula is C15H23N3. The van der Waals surface area contributed by atoms with Crippen LogP contribution in [0.1, 0.15) is 50.3 Å². The Bertz CT molecular complexity index is 427. The molecule has 5 rings (SSSR count). The molecule has 18 heavy (non-hydrogen) atoms. The van der Waals surface area contributed by atoms with Crippen molar-refractivity contribution in [1.82, 2.24) is 9.78 Å². The molecule has 4 bridgehead atoms. The van der Waals surface area contributed by atoms with Gasteiger partial charge in [0.15, 0.2) is 0 Å². The summed E-state index contributed by atoms with van der Waals surface area (Å²) in [5.74, 6) is 2.89. The van der Waals surface area contributed by atoms with Gasteiger partial charge in [0.1, 0.15) is 0 Å². The van der Waals surface area contributed by atoms with Crippen LogP contribution in [0, 0.1) is 23.2 Å². The summed E-state index contributed by atoms with van der Waals surface area (Å²) in [6.45, 7) is 0. The first-order valence-corrected chi connectivity index (χ1v) is 7.40. The first-order valence-electron chi connectivity index (χ1n) is 7.40. The highest BCUT2D eigenvalue weighted by Crippen LogP contribution is 2.63. The smallest absolute Gasteiger partial charge is 0.0797 e. The lowest BCUT2D eigenvalue weighted by atomic mass is 9.47. The number of aryl methyl sites for hydroxylation is 1. The Kier molecular flexibility index (Phi) is 2.20. The van der Waals surface area contributed by atoms with Gasteiger partial charge in [-0.25, -0.2) is 0 Å². The van der Waals surface area contributed by atoms with Crippen LogP contribution in [0.4, 0.5) is 0 Å². The van der Waals surface area contributed by atoms with E-state index in [1.54, 1.807) is 0 Å². The predicted molar refractivity (Wildman–Crippen MR) is 70.7 cm³/mol. The maximum atomic E-state index is 6.63. The maximum absolute atomic E-state index is 6.63. The summed E-state index contributed by atoms with van der Waals surface area (Å²) in [5.41, 5.74) is 8.12. The van der Waals surface area contributed by atoms with Gasteiger partial charge in [0, 0.05) is 13.2 Å². The van der Waals surface area contributed by atoms with Crippen molar-refractivity contribution in [3.8, 4) is 0 Å². The Morgan fingerprint density at radius 1 is 1.22 bits per heavy atom. The molecule has 98 valence electrons. The van der Waals surface area contributed by atoms with Crippen LogP contribution in [0.3, 0.4) is 0 Å². The van der Waals surface area contributed by atoms with Gasteiger partial charge in [0.25, 0.3) is 0 Å². The van der Waals surface area contributed by atoms with Gasteiger partial charge in [0.2, 0.25) is 0 Å². The van der Waals surface area contributed by atoms with E-state index in [1.165, 1.54) is 38.5 Å². The molecule has 4 saturated carbocycles. The number of hydrogen-bond acceptors (Lipinski definition) is 2. The molecule has 1 atom stereocenters. The third kappa shape index (κ3) is 1.49. The van der Waals surface area contributed by atoms with E-state index in [4.69, 9.17) is 5.73 Å². The van der Waals surface area contributed by atoms with Crippen molar-refractivity contribution in [2.75, 3.05) is 0 Å². The number of hydrogen-bond donors (Lipinski definition) is 1. The zero-order valence-corrected chi connectivity index (χ0v) is 11.2. The fourth-order valence-electron chi connectivity index (χ4n) is 5.47. The summed E-state index contributed by atoms with van der Waals surface area (Å²) in [6.07, 6.45) is 10.5. The maximum Gasteiger partial charge on any atom is 0.0797 e. The third-order valence-electron chi connectivity index (χ3n) is 5.80. The average molecular weight is 245 g/mol. The second-order valence-corrected chi connectivity index (χ2v) is 7.17. The van der Waals surface area contributed by atoms with Gasteiger partial charge in [-0.1, -0.05) is 0 Å². The number of rotatable bonds is 2. The zero-order chi connectivity index (χ0) is 12.3. The number of nitrogens with zero attached hydrogens (tertiary/aromatic N) is 2. The molecule has 0 aliphatic heterocycles. The van der Waals surface area contributed by atoms with Crippen LogP contribution >= 0.6 is 0 Å². The lowest BCUT2D eigenvalue weighted by Crippen LogP contribution is -2.50. The monoisotopic (exact) mass is 245 g/mol. The molecule has 4 aliphatic carbocycles. The summed E-state index contributed by atoms with van der Waals surface area (Å²) in [6, 6.07) is 2.27. The summed E-state index contributed by atoms with van der Waals surface area (Å²) in [5, 5.41) is 4.56. The van der Waals surface area contributed by atoms with E-state index in [9.17, 15) is 0 Å². The van der Waals surface area contributed by atoms with E-state index in [1.807, 2.05) is 17.9 Å². The standard InChI is InChI=1S/C15H23N3/c1-18-3-2-13(17-18)14(16)15-7-10-4-11(8-15)6-12(5-10)9-15/h2-3,10-12,14H,4-9,16H2,1H3. The van der Waals surface area contributed by atoms with Crippen molar-refractivity contribution in [3.05, 3.63) is 18.0 Å². The Balaban J connectivity index is 1.67. The fourth-order valence-corrected chi connectivity index (χ4v) is 5.47. The molecule has 3 nitrogen and oxygen atoms in total. The molecule has 1 aromatic heterocycles. The molecule has 3 heteroatoms. The van der Waals surface area contributed by atoms with Gasteiger partial charge in [-0.3, -0.25) is 4.68 Å². The van der Waals surface area contributed by atoms with Gasteiger partial charge in [-0.2, -0.15) is 5.10 Å². The molecule has 0 saturated heterocycles. The Hall–Kier alpha value is -0.830. The van der Waals surface area contributed by atoms with Crippen molar-refractivity contribution in [2.45, 2.75) is 44.6 Å². The molecule has 4 fully saturated rings. The van der Waals surface area contributed by atoms with E-state index in [2.05, 4.69) is 11.2 Å². The van der Waals surface area contributed by atoms with Gasteiger partial charge in [-0.05, 0) is 67.8 Å². The van der Waals surface area contributed by atoms with Crippen molar-refractivity contribution < 1.29 is 0 Å². The molecule has 4 aliphatic rings. The molecule has 0 spiro atoms. The lowest BCUT2D eigenvalue weighted by Gasteiger charge is -2.58. The summed E-state index contributed by atoms with van der Waals surface area (Å²) >= 11 is 0. The van der Waals surface area contributed by atoms with E-state index in [-0.39, 0.29) is 6.04 Å². The van der Waals surface area contributed by atoms with Crippen LogP contribution in [0.5, 0.6) is 0 Å². The summed E-state index contributed by atoms with van der Waals surface area (Å²) < 4.78 is 1.88. The van der Waals surface area contributed by atoms with Crippen LogP contribution < -0.4 is 5.73 Å². The Labute approximate surface area is 109 Å². The highest BCUT2D eigenvalue weighted by atomic mass is 15.3. The zero-order valence-electron chi connectivity index (χ0n) is 11.2. The summed E-state index contributed by atoms with van der Waals surface area (Å²) in [4.78, 5) is 0. The Morgan fingerprint density at radius 3 is 2.22 bits per heavy atom. The molecule has 1 unspecified atom stereocenters. The quantitative estimate of drug-likeness (QED) is 0.870. The van der Waals surface area contributed by atoms with Crippen LogP contribution in [0.2, 0.25) is 0 Å². The average Bonchev–Trinajstić information content (AvgIpc) is 2.73. The van der Waals surface area contributed by atoms with Crippen molar-refractivity contribution in [2.24, 2.45) is 36.0 Å². The minimum absolute atomic E-state index is 0.159. The number of nitrogens with two attached hydrogens (primary N) is 1. The molecule has 0 amide bonds. The Morgan fingerprint density at radius 2 is 1.78 bits per heavy atom. The molecule has 1 heterocycles.